The zero-order valence-corrected chi connectivity index (χ0v) is 20.2. The molecule has 0 bridgehead atoms. The highest BCUT2D eigenvalue weighted by Gasteiger charge is 2.46. The monoisotopic (exact) mass is 489 g/mol. The van der Waals surface area contributed by atoms with E-state index < -0.39 is 17.7 Å². The number of rotatable bonds is 9. The van der Waals surface area contributed by atoms with Gasteiger partial charge in [-0.3, -0.25) is 9.59 Å². The Labute approximate surface area is 209 Å². The summed E-state index contributed by atoms with van der Waals surface area (Å²) < 4.78 is 24.6. The molecule has 1 heterocycles. The molecular formula is C29H28FNO5. The van der Waals surface area contributed by atoms with E-state index in [4.69, 9.17) is 9.47 Å². The second-order valence-corrected chi connectivity index (χ2v) is 8.30. The summed E-state index contributed by atoms with van der Waals surface area (Å²) in [4.78, 5) is 27.9. The maximum Gasteiger partial charge on any atom is 0.295 e. The van der Waals surface area contributed by atoms with Crippen molar-refractivity contribution >= 4 is 17.4 Å². The highest BCUT2D eigenvalue weighted by molar-refractivity contribution is 6.46. The van der Waals surface area contributed by atoms with Crippen LogP contribution >= 0.6 is 0 Å². The maximum absolute atomic E-state index is 13.3. The summed E-state index contributed by atoms with van der Waals surface area (Å²) >= 11 is 0. The van der Waals surface area contributed by atoms with Gasteiger partial charge in [0.25, 0.3) is 11.7 Å². The van der Waals surface area contributed by atoms with E-state index in [0.29, 0.717) is 42.3 Å². The summed E-state index contributed by atoms with van der Waals surface area (Å²) in [5.41, 5.74) is 1.82. The van der Waals surface area contributed by atoms with Crippen LogP contribution in [0.4, 0.5) is 4.39 Å². The number of aliphatic hydroxyl groups is 1. The molecule has 0 saturated carbocycles. The van der Waals surface area contributed by atoms with Crippen molar-refractivity contribution < 1.29 is 28.6 Å². The lowest BCUT2D eigenvalue weighted by atomic mass is 9.95. The summed E-state index contributed by atoms with van der Waals surface area (Å²) in [5, 5.41) is 11.4. The van der Waals surface area contributed by atoms with Gasteiger partial charge in [-0.25, -0.2) is 4.39 Å². The quantitative estimate of drug-likeness (QED) is 0.251. The molecule has 0 aliphatic carbocycles. The van der Waals surface area contributed by atoms with E-state index in [-0.39, 0.29) is 23.7 Å². The van der Waals surface area contributed by atoms with E-state index >= 15 is 0 Å². The standard InChI is InChI=1S/C29H28FNO5/c1-3-35-22-14-15-23(24(18-22)36-4-2)27(32)25-26(20-8-6-5-7-9-20)31(29(34)28(25)33)17-16-19-10-12-21(30)13-11-19/h5-15,18,26,32H,3-4,16-17H2,1-2H3/b27-25-. The van der Waals surface area contributed by atoms with E-state index in [9.17, 15) is 19.1 Å². The number of amides is 1. The molecule has 1 saturated heterocycles. The fraction of sp³-hybridized carbons (Fsp3) is 0.241. The molecule has 6 nitrogen and oxygen atoms in total. The topological polar surface area (TPSA) is 76.1 Å². The van der Waals surface area contributed by atoms with Gasteiger partial charge in [0.2, 0.25) is 0 Å². The van der Waals surface area contributed by atoms with Crippen molar-refractivity contribution in [1.82, 2.24) is 4.90 Å². The number of nitrogens with zero attached hydrogens (tertiary/aromatic N) is 1. The summed E-state index contributed by atoms with van der Waals surface area (Å²) in [6.45, 7) is 4.69. The average Bonchev–Trinajstić information content (AvgIpc) is 3.14. The number of carbonyl (C=O) groups excluding carboxylic acids is 2. The van der Waals surface area contributed by atoms with Crippen LogP contribution in [0.5, 0.6) is 11.5 Å². The first-order chi connectivity index (χ1) is 17.4. The predicted octanol–water partition coefficient (Wildman–Crippen LogP) is 5.29. The Morgan fingerprint density at radius 1 is 0.944 bits per heavy atom. The van der Waals surface area contributed by atoms with Crippen molar-refractivity contribution in [2.75, 3.05) is 19.8 Å². The third kappa shape index (κ3) is 5.10. The molecule has 3 aromatic carbocycles. The Hall–Kier alpha value is -4.13. The first kappa shape index (κ1) is 25.0. The minimum Gasteiger partial charge on any atom is -0.507 e. The fourth-order valence-corrected chi connectivity index (χ4v) is 4.37. The third-order valence-corrected chi connectivity index (χ3v) is 6.03. The molecule has 1 atom stereocenters. The van der Waals surface area contributed by atoms with Crippen LogP contribution in [0, 0.1) is 5.82 Å². The molecule has 186 valence electrons. The van der Waals surface area contributed by atoms with E-state index in [0.717, 1.165) is 5.56 Å². The largest absolute Gasteiger partial charge is 0.507 e. The Balaban J connectivity index is 1.78. The molecule has 0 radical (unpaired) electrons. The van der Waals surface area contributed by atoms with Crippen molar-refractivity contribution in [1.29, 1.82) is 0 Å². The van der Waals surface area contributed by atoms with Gasteiger partial charge in [0, 0.05) is 12.6 Å². The highest BCUT2D eigenvalue weighted by atomic mass is 19.1. The predicted molar refractivity (Wildman–Crippen MR) is 134 cm³/mol. The summed E-state index contributed by atoms with van der Waals surface area (Å²) in [5.74, 6) is -1.20. The molecule has 1 unspecified atom stereocenters. The van der Waals surface area contributed by atoms with Gasteiger partial charge in [-0.2, -0.15) is 0 Å². The molecule has 7 heteroatoms. The Morgan fingerprint density at radius 2 is 1.64 bits per heavy atom. The first-order valence-electron chi connectivity index (χ1n) is 11.9. The van der Waals surface area contributed by atoms with Crippen LogP contribution in [0.1, 0.15) is 36.6 Å². The number of benzene rings is 3. The first-order valence-corrected chi connectivity index (χ1v) is 11.9. The molecule has 1 aliphatic rings. The third-order valence-electron chi connectivity index (χ3n) is 6.03. The maximum atomic E-state index is 13.3. The number of Topliss-reactive ketones (excluding diaryl/α,β-unsaturated/α-hetero) is 1. The number of halogens is 1. The van der Waals surface area contributed by atoms with E-state index in [1.165, 1.54) is 17.0 Å². The SMILES string of the molecule is CCOc1ccc(/C(O)=C2/C(=O)C(=O)N(CCc3ccc(F)cc3)C2c2ccccc2)c(OCC)c1. The lowest BCUT2D eigenvalue weighted by Crippen LogP contribution is -2.31. The van der Waals surface area contributed by atoms with Crippen LogP contribution in [0.2, 0.25) is 0 Å². The minimum absolute atomic E-state index is 0.00424. The van der Waals surface area contributed by atoms with Gasteiger partial charge in [-0.05, 0) is 55.7 Å². The van der Waals surface area contributed by atoms with Gasteiger partial charge in [-0.15, -0.1) is 0 Å². The molecule has 36 heavy (non-hydrogen) atoms. The number of aliphatic hydroxyl groups excluding tert-OH is 1. The van der Waals surface area contributed by atoms with Gasteiger partial charge >= 0.3 is 0 Å². The molecule has 0 spiro atoms. The smallest absolute Gasteiger partial charge is 0.295 e. The number of ether oxygens (including phenoxy) is 2. The number of likely N-dealkylation sites (tertiary alicyclic amines) is 1. The minimum atomic E-state index is -0.785. The Bertz CT molecular complexity index is 1270. The number of hydrogen-bond donors (Lipinski definition) is 1. The number of carbonyl (C=O) groups is 2. The molecule has 4 rings (SSSR count). The molecule has 0 aromatic heterocycles. The van der Waals surface area contributed by atoms with Crippen LogP contribution in [0.25, 0.3) is 5.76 Å². The van der Waals surface area contributed by atoms with Crippen molar-refractivity contribution in [2.45, 2.75) is 26.3 Å². The van der Waals surface area contributed by atoms with Gasteiger partial charge < -0.3 is 19.5 Å². The molecule has 1 N–H and O–H groups in total. The van der Waals surface area contributed by atoms with Crippen molar-refractivity contribution in [2.24, 2.45) is 0 Å². The van der Waals surface area contributed by atoms with Crippen LogP contribution in [0.15, 0.2) is 78.4 Å². The lowest BCUT2D eigenvalue weighted by Gasteiger charge is -2.25. The fourth-order valence-electron chi connectivity index (χ4n) is 4.37. The van der Waals surface area contributed by atoms with Gasteiger partial charge in [0.05, 0.1) is 30.4 Å². The Morgan fingerprint density at radius 3 is 2.31 bits per heavy atom. The summed E-state index contributed by atoms with van der Waals surface area (Å²) in [6.07, 6.45) is 0.421. The average molecular weight is 490 g/mol. The lowest BCUT2D eigenvalue weighted by molar-refractivity contribution is -0.139. The van der Waals surface area contributed by atoms with Gasteiger partial charge in [0.15, 0.2) is 0 Å². The zero-order valence-electron chi connectivity index (χ0n) is 20.2. The van der Waals surface area contributed by atoms with Crippen molar-refractivity contribution in [3.8, 4) is 11.5 Å². The van der Waals surface area contributed by atoms with Gasteiger partial charge in [-0.1, -0.05) is 42.5 Å². The molecular weight excluding hydrogens is 461 g/mol. The molecule has 1 amide bonds. The summed E-state index contributed by atoms with van der Waals surface area (Å²) in [7, 11) is 0. The highest BCUT2D eigenvalue weighted by Crippen LogP contribution is 2.41. The van der Waals surface area contributed by atoms with Crippen LogP contribution in [-0.2, 0) is 16.0 Å². The van der Waals surface area contributed by atoms with Crippen LogP contribution < -0.4 is 9.47 Å². The molecule has 3 aromatic rings. The number of ketones is 1. The zero-order chi connectivity index (χ0) is 25.7. The Kier molecular flexibility index (Phi) is 7.68. The second kappa shape index (κ2) is 11.1. The van der Waals surface area contributed by atoms with Crippen molar-refractivity contribution in [3.63, 3.8) is 0 Å². The molecule has 1 aliphatic heterocycles. The van der Waals surface area contributed by atoms with Crippen LogP contribution in [0.3, 0.4) is 0 Å². The normalized spacial score (nSPS) is 16.9. The second-order valence-electron chi connectivity index (χ2n) is 8.30. The summed E-state index contributed by atoms with van der Waals surface area (Å²) in [6, 6.07) is 19.3. The van der Waals surface area contributed by atoms with Crippen LogP contribution in [-0.4, -0.2) is 41.5 Å². The van der Waals surface area contributed by atoms with E-state index in [1.807, 2.05) is 44.2 Å². The number of hydrogen-bond acceptors (Lipinski definition) is 5. The van der Waals surface area contributed by atoms with E-state index in [2.05, 4.69) is 0 Å². The van der Waals surface area contributed by atoms with Crippen molar-refractivity contribution in [3.05, 3.63) is 101 Å². The molecule has 1 fully saturated rings. The van der Waals surface area contributed by atoms with E-state index in [1.54, 1.807) is 30.3 Å². The van der Waals surface area contributed by atoms with Gasteiger partial charge in [0.1, 0.15) is 23.1 Å².